The third-order valence-electron chi connectivity index (χ3n) is 1.80. The fourth-order valence-corrected chi connectivity index (χ4v) is 1.35. The van der Waals surface area contributed by atoms with E-state index in [4.69, 9.17) is 11.6 Å². The molecule has 0 unspecified atom stereocenters. The van der Waals surface area contributed by atoms with Crippen molar-refractivity contribution in [1.29, 1.82) is 0 Å². The van der Waals surface area contributed by atoms with E-state index in [1.54, 1.807) is 6.92 Å². The monoisotopic (exact) mass is 234 g/mol. The molecule has 82 valence electrons. The SMILES string of the molecule is CCC(=O)c1cccc(Cl)c1OC(F)F. The molecule has 0 aliphatic carbocycles. The molecular formula is C10H9ClF2O2. The van der Waals surface area contributed by atoms with Gasteiger partial charge in [0.15, 0.2) is 11.5 Å². The smallest absolute Gasteiger partial charge is 0.387 e. The first kappa shape index (κ1) is 11.9. The minimum Gasteiger partial charge on any atom is -0.432 e. The number of Topliss-reactive ketones (excluding diaryl/α,β-unsaturated/α-hetero) is 1. The normalized spacial score (nSPS) is 10.5. The third-order valence-corrected chi connectivity index (χ3v) is 2.09. The summed E-state index contributed by atoms with van der Waals surface area (Å²) in [5, 5.41) is 0.00889. The molecule has 0 fully saturated rings. The van der Waals surface area contributed by atoms with E-state index in [0.717, 1.165) is 0 Å². The Bertz CT molecular complexity index is 366. The number of hydrogen-bond donors (Lipinski definition) is 0. The molecule has 0 bridgehead atoms. The van der Waals surface area contributed by atoms with Gasteiger partial charge < -0.3 is 4.74 Å². The molecule has 1 rings (SSSR count). The largest absolute Gasteiger partial charge is 0.432 e. The van der Waals surface area contributed by atoms with Crippen LogP contribution in [0.3, 0.4) is 0 Å². The highest BCUT2D eigenvalue weighted by atomic mass is 35.5. The van der Waals surface area contributed by atoms with Crippen molar-refractivity contribution in [2.45, 2.75) is 20.0 Å². The van der Waals surface area contributed by atoms with Crippen molar-refractivity contribution in [3.63, 3.8) is 0 Å². The topological polar surface area (TPSA) is 26.3 Å². The molecule has 0 saturated carbocycles. The molecule has 0 amide bonds. The maximum atomic E-state index is 12.1. The number of rotatable bonds is 4. The first-order chi connectivity index (χ1) is 7.06. The first-order valence-electron chi connectivity index (χ1n) is 4.32. The number of halogens is 3. The fourth-order valence-electron chi connectivity index (χ4n) is 1.13. The predicted molar refractivity (Wildman–Crippen MR) is 52.7 cm³/mol. The Morgan fingerprint density at radius 2 is 2.20 bits per heavy atom. The number of alkyl halides is 2. The van der Waals surface area contributed by atoms with Gasteiger partial charge in [-0.2, -0.15) is 8.78 Å². The van der Waals surface area contributed by atoms with Gasteiger partial charge >= 0.3 is 6.61 Å². The molecule has 0 N–H and O–H groups in total. The lowest BCUT2D eigenvalue weighted by molar-refractivity contribution is -0.0500. The van der Waals surface area contributed by atoms with Crippen molar-refractivity contribution in [2.75, 3.05) is 0 Å². The molecule has 0 atom stereocenters. The van der Waals surface area contributed by atoms with E-state index in [1.165, 1.54) is 18.2 Å². The van der Waals surface area contributed by atoms with Crippen molar-refractivity contribution < 1.29 is 18.3 Å². The first-order valence-corrected chi connectivity index (χ1v) is 4.70. The van der Waals surface area contributed by atoms with Gasteiger partial charge in [-0.05, 0) is 12.1 Å². The van der Waals surface area contributed by atoms with Crippen LogP contribution >= 0.6 is 11.6 Å². The van der Waals surface area contributed by atoms with Crippen LogP contribution in [0.4, 0.5) is 8.78 Å². The number of carbonyl (C=O) groups is 1. The molecule has 0 radical (unpaired) electrons. The second-order valence-electron chi connectivity index (χ2n) is 2.77. The van der Waals surface area contributed by atoms with Gasteiger partial charge in [-0.1, -0.05) is 24.6 Å². The average Bonchev–Trinajstić information content (AvgIpc) is 2.19. The second kappa shape index (κ2) is 5.07. The maximum Gasteiger partial charge on any atom is 0.387 e. The summed E-state index contributed by atoms with van der Waals surface area (Å²) >= 11 is 5.66. The Morgan fingerprint density at radius 3 is 2.73 bits per heavy atom. The van der Waals surface area contributed by atoms with Crippen LogP contribution in [0.2, 0.25) is 5.02 Å². The van der Waals surface area contributed by atoms with Crippen molar-refractivity contribution in [1.82, 2.24) is 0 Å². The lowest BCUT2D eigenvalue weighted by Crippen LogP contribution is -2.08. The van der Waals surface area contributed by atoms with Gasteiger partial charge in [-0.25, -0.2) is 0 Å². The van der Waals surface area contributed by atoms with Crippen LogP contribution in [0.5, 0.6) is 5.75 Å². The highest BCUT2D eigenvalue weighted by Crippen LogP contribution is 2.30. The van der Waals surface area contributed by atoms with Crippen molar-refractivity contribution in [3.05, 3.63) is 28.8 Å². The highest BCUT2D eigenvalue weighted by Gasteiger charge is 2.17. The Hall–Kier alpha value is -1.16. The number of benzene rings is 1. The molecule has 1 aromatic rings. The maximum absolute atomic E-state index is 12.1. The van der Waals surface area contributed by atoms with E-state index in [2.05, 4.69) is 4.74 Å². The molecule has 0 saturated heterocycles. The molecular weight excluding hydrogens is 226 g/mol. The van der Waals surface area contributed by atoms with Crippen LogP contribution in [-0.2, 0) is 0 Å². The predicted octanol–water partition coefficient (Wildman–Crippen LogP) is 3.53. The summed E-state index contributed by atoms with van der Waals surface area (Å²) in [5.41, 5.74) is 0.0882. The minimum atomic E-state index is -2.99. The molecule has 0 spiro atoms. The molecule has 0 aliphatic heterocycles. The van der Waals surface area contributed by atoms with Crippen molar-refractivity contribution in [3.8, 4) is 5.75 Å². The number of carbonyl (C=O) groups excluding carboxylic acids is 1. The summed E-state index contributed by atoms with van der Waals surface area (Å²) in [6.45, 7) is -1.36. The Morgan fingerprint density at radius 1 is 1.53 bits per heavy atom. The van der Waals surface area contributed by atoms with Gasteiger partial charge in [0.2, 0.25) is 0 Å². The lowest BCUT2D eigenvalue weighted by atomic mass is 10.1. The van der Waals surface area contributed by atoms with E-state index in [-0.39, 0.29) is 28.5 Å². The number of hydrogen-bond acceptors (Lipinski definition) is 2. The number of ether oxygens (including phenoxy) is 1. The Kier molecular flexibility index (Phi) is 4.03. The van der Waals surface area contributed by atoms with Gasteiger partial charge in [-0.3, -0.25) is 4.79 Å². The zero-order valence-corrected chi connectivity index (χ0v) is 8.72. The summed E-state index contributed by atoms with van der Waals surface area (Å²) < 4.78 is 28.3. The van der Waals surface area contributed by atoms with Gasteiger partial charge in [0.1, 0.15) is 0 Å². The lowest BCUT2D eigenvalue weighted by Gasteiger charge is -2.10. The third kappa shape index (κ3) is 2.89. The van der Waals surface area contributed by atoms with Gasteiger partial charge in [0.05, 0.1) is 10.6 Å². The molecule has 15 heavy (non-hydrogen) atoms. The van der Waals surface area contributed by atoms with Gasteiger partial charge in [0.25, 0.3) is 0 Å². The van der Waals surface area contributed by atoms with Gasteiger partial charge in [-0.15, -0.1) is 0 Å². The summed E-state index contributed by atoms with van der Waals surface area (Å²) in [4.78, 5) is 11.4. The second-order valence-corrected chi connectivity index (χ2v) is 3.18. The summed E-state index contributed by atoms with van der Waals surface area (Å²) in [7, 11) is 0. The Balaban J connectivity index is 3.14. The van der Waals surface area contributed by atoms with Gasteiger partial charge in [0, 0.05) is 6.42 Å². The van der Waals surface area contributed by atoms with Crippen LogP contribution in [0.25, 0.3) is 0 Å². The van der Waals surface area contributed by atoms with E-state index in [0.29, 0.717) is 0 Å². The molecule has 0 heterocycles. The minimum absolute atomic E-state index is 0.00889. The van der Waals surface area contributed by atoms with Crippen LogP contribution < -0.4 is 4.74 Å². The number of para-hydroxylation sites is 1. The van der Waals surface area contributed by atoms with Crippen LogP contribution in [0.15, 0.2) is 18.2 Å². The average molecular weight is 235 g/mol. The van der Waals surface area contributed by atoms with E-state index in [1.807, 2.05) is 0 Å². The van der Waals surface area contributed by atoms with E-state index >= 15 is 0 Å². The summed E-state index contributed by atoms with van der Waals surface area (Å²) in [5.74, 6) is -0.533. The zero-order chi connectivity index (χ0) is 11.4. The Labute approximate surface area is 90.8 Å². The molecule has 0 aliphatic rings. The fraction of sp³-hybridized carbons (Fsp3) is 0.300. The van der Waals surface area contributed by atoms with E-state index in [9.17, 15) is 13.6 Å². The van der Waals surface area contributed by atoms with Crippen LogP contribution in [0, 0.1) is 0 Å². The van der Waals surface area contributed by atoms with Crippen molar-refractivity contribution in [2.24, 2.45) is 0 Å². The quantitative estimate of drug-likeness (QED) is 0.745. The summed E-state index contributed by atoms with van der Waals surface area (Å²) in [6.07, 6.45) is 0.208. The van der Waals surface area contributed by atoms with Crippen LogP contribution in [-0.4, -0.2) is 12.4 Å². The van der Waals surface area contributed by atoms with Crippen molar-refractivity contribution >= 4 is 17.4 Å². The van der Waals surface area contributed by atoms with E-state index < -0.39 is 6.61 Å². The molecule has 2 nitrogen and oxygen atoms in total. The standard InChI is InChI=1S/C10H9ClF2O2/c1-2-8(14)6-4-3-5-7(11)9(6)15-10(12)13/h3-5,10H,2H2,1H3. The molecule has 1 aromatic carbocycles. The number of ketones is 1. The summed E-state index contributed by atoms with van der Waals surface area (Å²) in [6, 6.07) is 4.32. The highest BCUT2D eigenvalue weighted by molar-refractivity contribution is 6.32. The van der Waals surface area contributed by atoms with Crippen LogP contribution in [0.1, 0.15) is 23.7 Å². The molecule has 0 aromatic heterocycles. The zero-order valence-electron chi connectivity index (χ0n) is 7.97. The molecule has 5 heteroatoms.